The monoisotopic (exact) mass is 463 g/mol. The Morgan fingerprint density at radius 3 is 2.50 bits per heavy atom. The second-order valence-electron chi connectivity index (χ2n) is 8.25. The number of carbonyl (C=O) groups excluding carboxylic acids is 2. The summed E-state index contributed by atoms with van der Waals surface area (Å²) in [5, 5.41) is 33.2. The highest BCUT2D eigenvalue weighted by atomic mass is 16.5. The molecule has 8 heteroatoms. The smallest absolute Gasteiger partial charge is 0.306 e. The van der Waals surface area contributed by atoms with Crippen LogP contribution in [0.4, 0.5) is 0 Å². The first kappa shape index (κ1) is 23.3. The third kappa shape index (κ3) is 3.97. The summed E-state index contributed by atoms with van der Waals surface area (Å²) in [5.74, 6) is -2.60. The second kappa shape index (κ2) is 9.15. The van der Waals surface area contributed by atoms with Gasteiger partial charge >= 0.3 is 5.97 Å². The van der Waals surface area contributed by atoms with Crippen LogP contribution in [0.2, 0.25) is 0 Å². The van der Waals surface area contributed by atoms with Crippen LogP contribution in [-0.2, 0) is 20.9 Å². The Labute approximate surface area is 196 Å². The number of aromatic hydroxyl groups is 3. The van der Waals surface area contributed by atoms with Gasteiger partial charge in [0.2, 0.25) is 0 Å². The van der Waals surface area contributed by atoms with Gasteiger partial charge in [0.15, 0.2) is 5.78 Å². The second-order valence-corrected chi connectivity index (χ2v) is 8.25. The number of methoxy groups -OCH3 is 1. The molecular formula is C26H25NO7. The number of aryl methyl sites for hydroxylation is 1. The molecule has 1 aliphatic heterocycles. The lowest BCUT2D eigenvalue weighted by Crippen LogP contribution is -2.13. The van der Waals surface area contributed by atoms with Crippen LogP contribution in [0.5, 0.6) is 17.2 Å². The Bertz CT molecular complexity index is 1270. The molecule has 2 atom stereocenters. The van der Waals surface area contributed by atoms with E-state index < -0.39 is 29.5 Å². The van der Waals surface area contributed by atoms with Crippen molar-refractivity contribution in [2.24, 2.45) is 0 Å². The van der Waals surface area contributed by atoms with Crippen molar-refractivity contribution in [1.82, 2.24) is 4.98 Å². The minimum atomic E-state index is -0.899. The third-order valence-corrected chi connectivity index (χ3v) is 6.17. The molecule has 0 spiro atoms. The fourth-order valence-electron chi connectivity index (χ4n) is 4.39. The molecule has 1 aromatic heterocycles. The molecule has 2 unspecified atom stereocenters. The highest BCUT2D eigenvalue weighted by Crippen LogP contribution is 2.50. The lowest BCUT2D eigenvalue weighted by atomic mass is 9.83. The molecule has 2 heterocycles. The van der Waals surface area contributed by atoms with Crippen LogP contribution in [0.15, 0.2) is 42.6 Å². The molecule has 3 aromatic rings. The van der Waals surface area contributed by atoms with Gasteiger partial charge in [-0.3, -0.25) is 14.6 Å². The van der Waals surface area contributed by atoms with Crippen molar-refractivity contribution in [3.05, 3.63) is 81.7 Å². The number of hydrogen-bond acceptors (Lipinski definition) is 8. The molecule has 8 nitrogen and oxygen atoms in total. The number of benzene rings is 2. The number of phenolic OH excluding ortho intramolecular Hbond substituents is 2. The first-order chi connectivity index (χ1) is 16.2. The molecule has 176 valence electrons. The Morgan fingerprint density at radius 2 is 1.85 bits per heavy atom. The topological polar surface area (TPSA) is 126 Å². The summed E-state index contributed by atoms with van der Waals surface area (Å²) in [7, 11) is 1.25. The number of aromatic nitrogens is 1. The fraction of sp³-hybridized carbons (Fsp3) is 0.269. The van der Waals surface area contributed by atoms with Gasteiger partial charge in [-0.1, -0.05) is 30.3 Å². The average Bonchev–Trinajstić information content (AvgIpc) is 3.25. The summed E-state index contributed by atoms with van der Waals surface area (Å²) < 4.78 is 10.8. The van der Waals surface area contributed by atoms with E-state index in [4.69, 9.17) is 9.47 Å². The number of hydrogen-bond donors (Lipinski definition) is 3. The normalized spacial score (nSPS) is 15.6. The number of ether oxygens (including phenoxy) is 2. The first-order valence-corrected chi connectivity index (χ1v) is 10.7. The van der Waals surface area contributed by atoms with Crippen LogP contribution in [-0.4, -0.2) is 39.2 Å². The minimum absolute atomic E-state index is 0.0154. The third-order valence-electron chi connectivity index (χ3n) is 6.17. The van der Waals surface area contributed by atoms with Crippen LogP contribution in [0.3, 0.4) is 0 Å². The van der Waals surface area contributed by atoms with Gasteiger partial charge in [0.05, 0.1) is 31.4 Å². The summed E-state index contributed by atoms with van der Waals surface area (Å²) >= 11 is 0. The van der Waals surface area contributed by atoms with Gasteiger partial charge in [0.25, 0.3) is 0 Å². The van der Waals surface area contributed by atoms with Gasteiger partial charge in [-0.15, -0.1) is 0 Å². The lowest BCUT2D eigenvalue weighted by Gasteiger charge is -2.24. The fourth-order valence-corrected chi connectivity index (χ4v) is 4.39. The predicted octanol–water partition coefficient (Wildman–Crippen LogP) is 4.02. The largest absolute Gasteiger partial charge is 0.507 e. The summed E-state index contributed by atoms with van der Waals surface area (Å²) in [6, 6.07) is 10.2. The van der Waals surface area contributed by atoms with Gasteiger partial charge < -0.3 is 24.8 Å². The first-order valence-electron chi connectivity index (χ1n) is 10.7. The lowest BCUT2D eigenvalue weighted by molar-refractivity contribution is -0.140. The van der Waals surface area contributed by atoms with Crippen LogP contribution < -0.4 is 0 Å². The van der Waals surface area contributed by atoms with E-state index in [-0.39, 0.29) is 41.2 Å². The van der Waals surface area contributed by atoms with E-state index in [2.05, 4.69) is 4.98 Å². The minimum Gasteiger partial charge on any atom is -0.507 e. The molecule has 34 heavy (non-hydrogen) atoms. The standard InChI is InChI=1S/C26H25NO7/c1-13-23(30)21-16(11-27-13)12-34-26(21)19-9-17(14(2)28)24(31)22(25(19)32)18(10-20(29)33-3)15-7-5-4-6-8-15/h4-9,11,18,26,30-32H,10,12H2,1-3H3. The van der Waals surface area contributed by atoms with Gasteiger partial charge in [-0.2, -0.15) is 0 Å². The Kier molecular flexibility index (Phi) is 6.26. The Hall–Kier alpha value is -3.91. The Balaban J connectivity index is 1.98. The molecule has 0 fully saturated rings. The number of fused-ring (bicyclic) bond motifs is 1. The molecule has 2 aromatic carbocycles. The SMILES string of the molecule is COC(=O)CC(c1ccccc1)c1c(O)c(C(C)=O)cc(C2OCc3cnc(C)c(O)c32)c1O. The number of rotatable bonds is 6. The van der Waals surface area contributed by atoms with Gasteiger partial charge in [0.1, 0.15) is 23.4 Å². The average molecular weight is 463 g/mol. The van der Waals surface area contributed by atoms with E-state index in [0.717, 1.165) is 0 Å². The highest BCUT2D eigenvalue weighted by molar-refractivity contribution is 5.98. The van der Waals surface area contributed by atoms with Crippen molar-refractivity contribution in [2.75, 3.05) is 7.11 Å². The van der Waals surface area contributed by atoms with Gasteiger partial charge in [-0.25, -0.2) is 0 Å². The summed E-state index contributed by atoms with van der Waals surface area (Å²) in [4.78, 5) is 28.9. The quantitative estimate of drug-likeness (QED) is 0.370. The number of Topliss-reactive ketones (excluding diaryl/α,β-unsaturated/α-hetero) is 1. The van der Waals surface area contributed by atoms with Crippen molar-refractivity contribution >= 4 is 11.8 Å². The van der Waals surface area contributed by atoms with Crippen LogP contribution in [0.1, 0.15) is 69.2 Å². The Morgan fingerprint density at radius 1 is 1.15 bits per heavy atom. The molecule has 1 aliphatic rings. The molecule has 0 amide bonds. The van der Waals surface area contributed by atoms with E-state index in [1.807, 2.05) is 0 Å². The molecule has 0 bridgehead atoms. The van der Waals surface area contributed by atoms with Crippen molar-refractivity contribution in [1.29, 1.82) is 0 Å². The summed E-state index contributed by atoms with van der Waals surface area (Å²) in [6.45, 7) is 3.10. The van der Waals surface area contributed by atoms with Crippen LogP contribution in [0, 0.1) is 6.92 Å². The number of ketones is 1. The maximum atomic E-state index is 12.5. The number of carbonyl (C=O) groups is 2. The molecule has 3 N–H and O–H groups in total. The van der Waals surface area contributed by atoms with Crippen molar-refractivity contribution < 1.29 is 34.4 Å². The zero-order chi connectivity index (χ0) is 24.6. The zero-order valence-corrected chi connectivity index (χ0v) is 19.0. The predicted molar refractivity (Wildman–Crippen MR) is 122 cm³/mol. The molecule has 0 aliphatic carbocycles. The molecule has 0 radical (unpaired) electrons. The number of nitrogens with zero attached hydrogens (tertiary/aromatic N) is 1. The molecule has 0 saturated carbocycles. The van der Waals surface area contributed by atoms with E-state index in [9.17, 15) is 24.9 Å². The van der Waals surface area contributed by atoms with E-state index in [1.54, 1.807) is 43.5 Å². The summed E-state index contributed by atoms with van der Waals surface area (Å²) in [5.41, 5.74) is 2.31. The number of pyridine rings is 1. The van der Waals surface area contributed by atoms with Crippen molar-refractivity contribution in [2.45, 2.75) is 38.9 Å². The maximum Gasteiger partial charge on any atom is 0.306 e. The summed E-state index contributed by atoms with van der Waals surface area (Å²) in [6.07, 6.45) is 0.515. The number of esters is 1. The van der Waals surface area contributed by atoms with E-state index in [1.165, 1.54) is 20.1 Å². The van der Waals surface area contributed by atoms with Gasteiger partial charge in [-0.05, 0) is 25.5 Å². The van der Waals surface area contributed by atoms with Crippen molar-refractivity contribution in [3.8, 4) is 17.2 Å². The van der Waals surface area contributed by atoms with Crippen molar-refractivity contribution in [3.63, 3.8) is 0 Å². The van der Waals surface area contributed by atoms with Crippen LogP contribution in [0.25, 0.3) is 0 Å². The molecule has 4 rings (SSSR count). The highest BCUT2D eigenvalue weighted by Gasteiger charge is 2.36. The maximum absolute atomic E-state index is 12.5. The van der Waals surface area contributed by atoms with Gasteiger partial charge in [0, 0.05) is 34.4 Å². The number of phenols is 2. The van der Waals surface area contributed by atoms with Crippen LogP contribution >= 0.6 is 0 Å². The zero-order valence-electron chi connectivity index (χ0n) is 19.0. The molecule has 0 saturated heterocycles. The van der Waals surface area contributed by atoms with E-state index in [0.29, 0.717) is 22.4 Å². The molecular weight excluding hydrogens is 438 g/mol. The van der Waals surface area contributed by atoms with E-state index >= 15 is 0 Å².